The van der Waals surface area contributed by atoms with Gasteiger partial charge in [0.05, 0.1) is 20.3 Å². The summed E-state index contributed by atoms with van der Waals surface area (Å²) < 4.78 is 10.7. The molecule has 0 heterocycles. The lowest BCUT2D eigenvalue weighted by Gasteiger charge is -2.10. The van der Waals surface area contributed by atoms with E-state index in [1.807, 2.05) is 36.4 Å². The highest BCUT2D eigenvalue weighted by molar-refractivity contribution is 5.92. The van der Waals surface area contributed by atoms with Crippen LogP contribution in [0.4, 0.5) is 0 Å². The van der Waals surface area contributed by atoms with E-state index in [-0.39, 0.29) is 0 Å². The molecule has 0 amide bonds. The fourth-order valence-electron chi connectivity index (χ4n) is 1.91. The van der Waals surface area contributed by atoms with E-state index in [4.69, 9.17) is 14.7 Å². The Morgan fingerprint density at radius 2 is 1.89 bits per heavy atom. The van der Waals surface area contributed by atoms with E-state index >= 15 is 0 Å². The zero-order valence-corrected chi connectivity index (χ0v) is 10.3. The van der Waals surface area contributed by atoms with Crippen LogP contribution >= 0.6 is 0 Å². The smallest absolute Gasteiger partial charge is 0.126 e. The van der Waals surface area contributed by atoms with Crippen molar-refractivity contribution in [2.75, 3.05) is 14.2 Å². The van der Waals surface area contributed by atoms with Crippen LogP contribution in [0.3, 0.4) is 0 Å². The number of fused-ring (bicyclic) bond motifs is 1. The fraction of sp³-hybridized carbons (Fsp3) is 0.133. The van der Waals surface area contributed by atoms with Crippen molar-refractivity contribution >= 4 is 16.8 Å². The second-order valence-corrected chi connectivity index (χ2v) is 3.74. The highest BCUT2D eigenvalue weighted by Crippen LogP contribution is 2.32. The summed E-state index contributed by atoms with van der Waals surface area (Å²) in [7, 11) is 3.26. The van der Waals surface area contributed by atoms with Gasteiger partial charge in [-0.15, -0.1) is 0 Å². The number of benzene rings is 2. The third kappa shape index (κ3) is 2.14. The maximum Gasteiger partial charge on any atom is 0.126 e. The number of methoxy groups -OCH3 is 2. The van der Waals surface area contributed by atoms with Gasteiger partial charge in [0.25, 0.3) is 0 Å². The van der Waals surface area contributed by atoms with Crippen molar-refractivity contribution in [3.05, 3.63) is 42.0 Å². The van der Waals surface area contributed by atoms with Crippen LogP contribution in [-0.2, 0) is 0 Å². The lowest BCUT2D eigenvalue weighted by atomic mass is 10.0. The third-order valence-electron chi connectivity index (χ3n) is 2.75. The number of nitriles is 1. The third-order valence-corrected chi connectivity index (χ3v) is 2.75. The predicted octanol–water partition coefficient (Wildman–Crippen LogP) is 3.39. The minimum atomic E-state index is 0.721. The van der Waals surface area contributed by atoms with Crippen LogP contribution in [0.5, 0.6) is 11.5 Å². The Kier molecular flexibility index (Phi) is 3.49. The van der Waals surface area contributed by atoms with Crippen LogP contribution in [0.25, 0.3) is 16.8 Å². The predicted molar refractivity (Wildman–Crippen MR) is 71.7 cm³/mol. The van der Waals surface area contributed by atoms with Gasteiger partial charge in [-0.3, -0.25) is 0 Å². The monoisotopic (exact) mass is 239 g/mol. The van der Waals surface area contributed by atoms with E-state index in [2.05, 4.69) is 0 Å². The minimum Gasteiger partial charge on any atom is -0.496 e. The molecule has 2 aromatic carbocycles. The molecule has 2 aromatic rings. The molecule has 0 atom stereocenters. The molecule has 0 spiro atoms. The Labute approximate surface area is 106 Å². The summed E-state index contributed by atoms with van der Waals surface area (Å²) in [6.07, 6.45) is 3.17. The van der Waals surface area contributed by atoms with Crippen molar-refractivity contribution in [3.8, 4) is 17.6 Å². The van der Waals surface area contributed by atoms with Gasteiger partial charge in [-0.25, -0.2) is 0 Å². The quantitative estimate of drug-likeness (QED) is 0.771. The van der Waals surface area contributed by atoms with Crippen LogP contribution < -0.4 is 9.47 Å². The Bertz CT molecular complexity index is 639. The first-order valence-corrected chi connectivity index (χ1v) is 5.51. The average molecular weight is 239 g/mol. The van der Waals surface area contributed by atoms with Crippen molar-refractivity contribution in [3.63, 3.8) is 0 Å². The minimum absolute atomic E-state index is 0.721. The molecule has 0 aliphatic carbocycles. The summed E-state index contributed by atoms with van der Waals surface area (Å²) in [5.41, 5.74) is 0.875. The highest BCUT2D eigenvalue weighted by Gasteiger charge is 2.06. The Hall–Kier alpha value is -2.47. The summed E-state index contributed by atoms with van der Waals surface area (Å²) in [6, 6.07) is 11.7. The molecule has 0 aliphatic heterocycles. The van der Waals surface area contributed by atoms with Gasteiger partial charge in [0.15, 0.2) is 0 Å². The summed E-state index contributed by atoms with van der Waals surface area (Å²) in [4.78, 5) is 0. The number of ether oxygens (including phenoxy) is 2. The Morgan fingerprint density at radius 3 is 2.56 bits per heavy atom. The van der Waals surface area contributed by atoms with Crippen LogP contribution in [0.2, 0.25) is 0 Å². The molecule has 0 aliphatic rings. The molecule has 0 bridgehead atoms. The van der Waals surface area contributed by atoms with E-state index in [0.717, 1.165) is 27.8 Å². The topological polar surface area (TPSA) is 42.2 Å². The number of rotatable bonds is 3. The molecule has 0 aromatic heterocycles. The molecule has 0 unspecified atom stereocenters. The van der Waals surface area contributed by atoms with Crippen LogP contribution in [0.1, 0.15) is 5.56 Å². The molecule has 0 N–H and O–H groups in total. The fourth-order valence-corrected chi connectivity index (χ4v) is 1.91. The van der Waals surface area contributed by atoms with Crippen molar-refractivity contribution < 1.29 is 9.47 Å². The maximum absolute atomic E-state index is 8.59. The lowest BCUT2D eigenvalue weighted by molar-refractivity contribution is 0.411. The first-order chi connectivity index (χ1) is 8.80. The van der Waals surface area contributed by atoms with Crippen molar-refractivity contribution in [2.24, 2.45) is 0 Å². The Balaban J connectivity index is 2.69. The second kappa shape index (κ2) is 5.24. The van der Waals surface area contributed by atoms with Crippen LogP contribution in [0.15, 0.2) is 36.4 Å². The molecule has 3 heteroatoms. The van der Waals surface area contributed by atoms with Gasteiger partial charge in [-0.05, 0) is 29.7 Å². The highest BCUT2D eigenvalue weighted by atomic mass is 16.5. The van der Waals surface area contributed by atoms with E-state index in [1.165, 1.54) is 6.08 Å². The van der Waals surface area contributed by atoms with Gasteiger partial charge in [-0.2, -0.15) is 5.26 Å². The second-order valence-electron chi connectivity index (χ2n) is 3.74. The normalized spacial score (nSPS) is 10.5. The first kappa shape index (κ1) is 12.0. The summed E-state index contributed by atoms with van der Waals surface area (Å²) in [5.74, 6) is 1.53. The summed E-state index contributed by atoms with van der Waals surface area (Å²) in [5, 5.41) is 10.6. The van der Waals surface area contributed by atoms with E-state index in [0.29, 0.717) is 0 Å². The lowest BCUT2D eigenvalue weighted by Crippen LogP contribution is -1.90. The van der Waals surface area contributed by atoms with Crippen molar-refractivity contribution in [1.82, 2.24) is 0 Å². The number of allylic oxidation sites excluding steroid dienone is 1. The van der Waals surface area contributed by atoms with E-state index in [1.54, 1.807) is 20.3 Å². The van der Waals surface area contributed by atoms with Gasteiger partial charge in [0.2, 0.25) is 0 Å². The molecule has 2 rings (SSSR count). The largest absolute Gasteiger partial charge is 0.496 e. The van der Waals surface area contributed by atoms with Crippen molar-refractivity contribution in [2.45, 2.75) is 0 Å². The first-order valence-electron chi connectivity index (χ1n) is 5.51. The standard InChI is InChI=1S/C15H13NO2/c1-17-14-7-3-5-11-9-12(6-4-8-16)15(18-2)10-13(11)14/h3-7,9-10H,1-2H3/b6-4+. The van der Waals surface area contributed by atoms with Crippen LogP contribution in [0, 0.1) is 11.3 Å². The summed E-state index contributed by atoms with van der Waals surface area (Å²) in [6.45, 7) is 0. The molecular formula is C15H13NO2. The Morgan fingerprint density at radius 1 is 1.11 bits per heavy atom. The molecular weight excluding hydrogens is 226 g/mol. The van der Waals surface area contributed by atoms with Crippen molar-refractivity contribution in [1.29, 1.82) is 5.26 Å². The van der Waals surface area contributed by atoms with E-state index < -0.39 is 0 Å². The van der Waals surface area contributed by atoms with Gasteiger partial charge in [-0.1, -0.05) is 12.1 Å². The molecule has 3 nitrogen and oxygen atoms in total. The van der Waals surface area contributed by atoms with E-state index in [9.17, 15) is 0 Å². The van der Waals surface area contributed by atoms with Gasteiger partial charge < -0.3 is 9.47 Å². The molecule has 0 saturated heterocycles. The van der Waals surface area contributed by atoms with Crippen LogP contribution in [-0.4, -0.2) is 14.2 Å². The average Bonchev–Trinajstić information content (AvgIpc) is 2.43. The SMILES string of the molecule is COc1cc2c(OC)cccc2cc1/C=C/C#N. The molecule has 0 radical (unpaired) electrons. The number of nitrogens with zero attached hydrogens (tertiary/aromatic N) is 1. The molecule has 0 fully saturated rings. The molecule has 90 valence electrons. The molecule has 0 saturated carbocycles. The van der Waals surface area contributed by atoms with Gasteiger partial charge >= 0.3 is 0 Å². The summed E-state index contributed by atoms with van der Waals surface area (Å²) >= 11 is 0. The zero-order valence-electron chi connectivity index (χ0n) is 10.3. The van der Waals surface area contributed by atoms with Gasteiger partial charge in [0.1, 0.15) is 11.5 Å². The number of hydrogen-bond donors (Lipinski definition) is 0. The molecule has 18 heavy (non-hydrogen) atoms. The maximum atomic E-state index is 8.59. The zero-order chi connectivity index (χ0) is 13.0. The van der Waals surface area contributed by atoms with Gasteiger partial charge in [0, 0.05) is 17.0 Å². The number of hydrogen-bond acceptors (Lipinski definition) is 3.